The molecule has 1 aliphatic carbocycles. The van der Waals surface area contributed by atoms with Crippen LogP contribution in [-0.2, 0) is 4.84 Å². The van der Waals surface area contributed by atoms with Crippen LogP contribution in [0, 0.1) is 0 Å². The number of hydrogen-bond acceptors (Lipinski definition) is 4. The van der Waals surface area contributed by atoms with E-state index in [-0.39, 0.29) is 6.09 Å². The second kappa shape index (κ2) is 6.09. The zero-order valence-corrected chi connectivity index (χ0v) is 11.7. The molecule has 0 aromatic carbocycles. The van der Waals surface area contributed by atoms with E-state index >= 15 is 0 Å². The number of piperazine rings is 1. The SMILES string of the molecule is O=C(ON1CCN(C2CCCC2)CC1)N1CCCC1. The first kappa shape index (κ1) is 13.2. The smallest absolute Gasteiger partial charge is 0.351 e. The van der Waals surface area contributed by atoms with Gasteiger partial charge in [-0.2, -0.15) is 0 Å². The molecule has 3 rings (SSSR count). The van der Waals surface area contributed by atoms with Crippen LogP contribution in [0.2, 0.25) is 0 Å². The summed E-state index contributed by atoms with van der Waals surface area (Å²) in [7, 11) is 0. The molecule has 0 radical (unpaired) electrons. The summed E-state index contributed by atoms with van der Waals surface area (Å²) in [6.45, 7) is 5.52. The topological polar surface area (TPSA) is 36.0 Å². The number of hydroxylamine groups is 2. The highest BCUT2D eigenvalue weighted by atomic mass is 16.7. The maximum Gasteiger partial charge on any atom is 0.428 e. The molecule has 1 saturated carbocycles. The van der Waals surface area contributed by atoms with Crippen molar-refractivity contribution in [1.29, 1.82) is 0 Å². The quantitative estimate of drug-likeness (QED) is 0.763. The third-order valence-electron chi connectivity index (χ3n) is 4.69. The zero-order valence-electron chi connectivity index (χ0n) is 11.7. The number of likely N-dealkylation sites (tertiary alicyclic amines) is 1. The van der Waals surface area contributed by atoms with Crippen molar-refractivity contribution in [3.63, 3.8) is 0 Å². The van der Waals surface area contributed by atoms with Crippen LogP contribution < -0.4 is 0 Å². The van der Waals surface area contributed by atoms with Gasteiger partial charge in [-0.3, -0.25) is 4.90 Å². The highest BCUT2D eigenvalue weighted by molar-refractivity contribution is 5.67. The molecule has 19 heavy (non-hydrogen) atoms. The van der Waals surface area contributed by atoms with E-state index in [1.54, 1.807) is 0 Å². The maximum absolute atomic E-state index is 11.9. The van der Waals surface area contributed by atoms with Gasteiger partial charge in [-0.25, -0.2) is 4.79 Å². The van der Waals surface area contributed by atoms with Crippen LogP contribution in [0.25, 0.3) is 0 Å². The van der Waals surface area contributed by atoms with Crippen LogP contribution in [0.4, 0.5) is 4.79 Å². The predicted molar refractivity (Wildman–Crippen MR) is 72.7 cm³/mol. The Kier molecular flexibility index (Phi) is 4.23. The van der Waals surface area contributed by atoms with Crippen LogP contribution in [0.15, 0.2) is 0 Å². The van der Waals surface area contributed by atoms with Gasteiger partial charge in [0, 0.05) is 45.3 Å². The Morgan fingerprint density at radius 2 is 1.47 bits per heavy atom. The van der Waals surface area contributed by atoms with E-state index in [0.717, 1.165) is 58.2 Å². The Balaban J connectivity index is 1.41. The molecular formula is C14H25N3O2. The van der Waals surface area contributed by atoms with Crippen molar-refractivity contribution >= 4 is 6.09 Å². The molecule has 0 aromatic heterocycles. The summed E-state index contributed by atoms with van der Waals surface area (Å²) in [5.74, 6) is 0. The van der Waals surface area contributed by atoms with E-state index < -0.39 is 0 Å². The van der Waals surface area contributed by atoms with Gasteiger partial charge in [-0.15, -0.1) is 5.06 Å². The van der Waals surface area contributed by atoms with Gasteiger partial charge in [0.25, 0.3) is 0 Å². The molecule has 2 aliphatic heterocycles. The second-order valence-electron chi connectivity index (χ2n) is 5.95. The lowest BCUT2D eigenvalue weighted by Crippen LogP contribution is -2.50. The summed E-state index contributed by atoms with van der Waals surface area (Å²) in [6.07, 6.45) is 7.56. The third kappa shape index (κ3) is 3.20. The Morgan fingerprint density at radius 3 is 2.11 bits per heavy atom. The average Bonchev–Trinajstić information content (AvgIpc) is 3.13. The summed E-state index contributed by atoms with van der Waals surface area (Å²) in [5.41, 5.74) is 0. The fourth-order valence-electron chi connectivity index (χ4n) is 3.50. The number of amides is 1. The van der Waals surface area contributed by atoms with Crippen molar-refractivity contribution in [2.45, 2.75) is 44.6 Å². The molecule has 2 heterocycles. The normalized spacial score (nSPS) is 27.1. The summed E-state index contributed by atoms with van der Waals surface area (Å²) in [6, 6.07) is 0.788. The van der Waals surface area contributed by atoms with Crippen molar-refractivity contribution in [1.82, 2.24) is 14.9 Å². The maximum atomic E-state index is 11.9. The lowest BCUT2D eigenvalue weighted by atomic mass is 10.2. The van der Waals surface area contributed by atoms with E-state index in [1.807, 2.05) is 9.96 Å². The summed E-state index contributed by atoms with van der Waals surface area (Å²) in [4.78, 5) is 21.8. The number of hydrogen-bond donors (Lipinski definition) is 0. The summed E-state index contributed by atoms with van der Waals surface area (Å²) in [5, 5.41) is 1.85. The minimum Gasteiger partial charge on any atom is -0.351 e. The molecule has 2 saturated heterocycles. The Labute approximate surface area is 115 Å². The molecule has 0 N–H and O–H groups in total. The first-order chi connectivity index (χ1) is 9.33. The fraction of sp³-hybridized carbons (Fsp3) is 0.929. The first-order valence-corrected chi connectivity index (χ1v) is 7.79. The molecule has 0 aromatic rings. The summed E-state index contributed by atoms with van der Waals surface area (Å²) < 4.78 is 0. The monoisotopic (exact) mass is 267 g/mol. The zero-order chi connectivity index (χ0) is 13.1. The van der Waals surface area contributed by atoms with Crippen LogP contribution in [0.1, 0.15) is 38.5 Å². The highest BCUT2D eigenvalue weighted by Crippen LogP contribution is 2.24. The second-order valence-corrected chi connectivity index (χ2v) is 5.95. The van der Waals surface area contributed by atoms with E-state index in [9.17, 15) is 4.79 Å². The van der Waals surface area contributed by atoms with Gasteiger partial charge in [0.2, 0.25) is 0 Å². The van der Waals surface area contributed by atoms with Crippen molar-refractivity contribution in [3.8, 4) is 0 Å². The van der Waals surface area contributed by atoms with E-state index in [1.165, 1.54) is 25.7 Å². The van der Waals surface area contributed by atoms with E-state index in [0.29, 0.717) is 0 Å². The lowest BCUT2D eigenvalue weighted by Gasteiger charge is -2.37. The van der Waals surface area contributed by atoms with Gasteiger partial charge in [0.15, 0.2) is 0 Å². The molecule has 3 fully saturated rings. The molecular weight excluding hydrogens is 242 g/mol. The molecule has 5 nitrogen and oxygen atoms in total. The number of nitrogens with zero attached hydrogens (tertiary/aromatic N) is 3. The fourth-order valence-corrected chi connectivity index (χ4v) is 3.50. The molecule has 0 bridgehead atoms. The Morgan fingerprint density at radius 1 is 0.842 bits per heavy atom. The van der Waals surface area contributed by atoms with Crippen molar-refractivity contribution in [3.05, 3.63) is 0 Å². The predicted octanol–water partition coefficient (Wildman–Crippen LogP) is 1.69. The lowest BCUT2D eigenvalue weighted by molar-refractivity contribution is -0.135. The van der Waals surface area contributed by atoms with Crippen LogP contribution >= 0.6 is 0 Å². The summed E-state index contributed by atoms with van der Waals surface area (Å²) >= 11 is 0. The molecule has 5 heteroatoms. The largest absolute Gasteiger partial charge is 0.428 e. The van der Waals surface area contributed by atoms with Crippen molar-refractivity contribution in [2.75, 3.05) is 39.3 Å². The minimum atomic E-state index is -0.146. The van der Waals surface area contributed by atoms with Crippen LogP contribution in [-0.4, -0.2) is 66.3 Å². The van der Waals surface area contributed by atoms with Gasteiger partial charge in [0.1, 0.15) is 0 Å². The van der Waals surface area contributed by atoms with E-state index in [2.05, 4.69) is 4.90 Å². The molecule has 3 aliphatic rings. The van der Waals surface area contributed by atoms with Gasteiger partial charge in [0.05, 0.1) is 0 Å². The van der Waals surface area contributed by atoms with Gasteiger partial charge in [-0.1, -0.05) is 12.8 Å². The molecule has 1 amide bonds. The number of carbonyl (C=O) groups is 1. The van der Waals surface area contributed by atoms with Gasteiger partial charge in [-0.05, 0) is 25.7 Å². The Hall–Kier alpha value is -0.810. The minimum absolute atomic E-state index is 0.146. The standard InChI is InChI=1S/C14H25N3O2/c18-14(16-7-3-4-8-16)19-17-11-9-15(10-12-17)13-5-1-2-6-13/h13H,1-12H2. The highest BCUT2D eigenvalue weighted by Gasteiger charge is 2.28. The van der Waals surface area contributed by atoms with Crippen molar-refractivity contribution < 1.29 is 9.63 Å². The third-order valence-corrected chi connectivity index (χ3v) is 4.69. The first-order valence-electron chi connectivity index (χ1n) is 7.79. The molecule has 0 unspecified atom stereocenters. The van der Waals surface area contributed by atoms with Gasteiger partial charge < -0.3 is 9.74 Å². The Bertz CT molecular complexity index is 304. The molecule has 108 valence electrons. The van der Waals surface area contributed by atoms with Crippen molar-refractivity contribution in [2.24, 2.45) is 0 Å². The van der Waals surface area contributed by atoms with E-state index in [4.69, 9.17) is 4.84 Å². The average molecular weight is 267 g/mol. The van der Waals surface area contributed by atoms with Gasteiger partial charge >= 0.3 is 6.09 Å². The number of carbonyl (C=O) groups excluding carboxylic acids is 1. The molecule has 0 spiro atoms. The van der Waals surface area contributed by atoms with Crippen LogP contribution in [0.3, 0.4) is 0 Å². The number of rotatable bonds is 2. The van der Waals surface area contributed by atoms with Crippen LogP contribution in [0.5, 0.6) is 0 Å². The molecule has 0 atom stereocenters.